The molecule has 1 fully saturated rings. The van der Waals surface area contributed by atoms with Crippen LogP contribution in [0.15, 0.2) is 0 Å². The van der Waals surface area contributed by atoms with Crippen molar-refractivity contribution in [3.8, 4) is 0 Å². The summed E-state index contributed by atoms with van der Waals surface area (Å²) < 4.78 is 0. The summed E-state index contributed by atoms with van der Waals surface area (Å²) >= 11 is 5.07. The van der Waals surface area contributed by atoms with Crippen LogP contribution in [-0.4, -0.2) is 28.5 Å². The minimum atomic E-state index is -0.0914. The lowest BCUT2D eigenvalue weighted by molar-refractivity contribution is -0.127. The smallest absolute Gasteiger partial charge is 0.251 e. The highest BCUT2D eigenvalue weighted by Gasteiger charge is 2.33. The fourth-order valence-corrected chi connectivity index (χ4v) is 1.70. The summed E-state index contributed by atoms with van der Waals surface area (Å²) in [4.78, 5) is 13.3. The van der Waals surface area contributed by atoms with E-state index < -0.39 is 0 Å². The van der Waals surface area contributed by atoms with Crippen LogP contribution in [0.2, 0.25) is 0 Å². The average Bonchev–Trinajstić information content (AvgIpc) is 2.31. The van der Waals surface area contributed by atoms with Crippen molar-refractivity contribution in [2.75, 3.05) is 6.54 Å². The summed E-state index contributed by atoms with van der Waals surface area (Å²) in [7, 11) is 0. The van der Waals surface area contributed by atoms with Crippen LogP contribution in [0.5, 0.6) is 0 Å². The number of carbonyl (C=O) groups is 1. The summed E-state index contributed by atoms with van der Waals surface area (Å²) in [5.41, 5.74) is 0. The Morgan fingerprint density at radius 1 is 1.62 bits per heavy atom. The molecule has 0 bridgehead atoms. The first kappa shape index (κ1) is 10.4. The summed E-state index contributed by atoms with van der Waals surface area (Å²) in [6, 6.07) is -0.0914. The quantitative estimate of drug-likeness (QED) is 0.693. The zero-order valence-electron chi connectivity index (χ0n) is 8.33. The molecule has 3 nitrogen and oxygen atoms in total. The third-order valence-electron chi connectivity index (χ3n) is 2.06. The van der Waals surface area contributed by atoms with Crippen molar-refractivity contribution in [2.24, 2.45) is 5.92 Å². The van der Waals surface area contributed by atoms with E-state index >= 15 is 0 Å². The molecule has 4 heteroatoms. The van der Waals surface area contributed by atoms with Gasteiger partial charge in [-0.15, -0.1) is 0 Å². The summed E-state index contributed by atoms with van der Waals surface area (Å²) in [5.74, 6) is 0.584. The van der Waals surface area contributed by atoms with E-state index in [1.165, 1.54) is 0 Å². The molecule has 0 aromatic carbocycles. The number of hydrogen-bond acceptors (Lipinski definition) is 2. The lowest BCUT2D eigenvalue weighted by Crippen LogP contribution is -2.34. The molecule has 0 aromatic rings. The first-order chi connectivity index (χ1) is 6.06. The van der Waals surface area contributed by atoms with Crippen molar-refractivity contribution in [3.63, 3.8) is 0 Å². The second-order valence-corrected chi connectivity index (χ2v) is 4.14. The number of thiocarbonyl (C=S) groups is 1. The first-order valence-electron chi connectivity index (χ1n) is 4.68. The largest absolute Gasteiger partial charge is 0.350 e. The molecule has 0 spiro atoms. The zero-order chi connectivity index (χ0) is 10.0. The fourth-order valence-electron chi connectivity index (χ4n) is 1.39. The summed E-state index contributed by atoms with van der Waals surface area (Å²) in [6.07, 6.45) is 0.799. The summed E-state index contributed by atoms with van der Waals surface area (Å²) in [6.45, 7) is 6.86. The van der Waals surface area contributed by atoms with Gasteiger partial charge >= 0.3 is 0 Å². The number of rotatable bonds is 3. The van der Waals surface area contributed by atoms with Gasteiger partial charge in [0.15, 0.2) is 5.11 Å². The number of hydrogen-bond donors (Lipinski definition) is 1. The lowest BCUT2D eigenvalue weighted by atomic mass is 10.2. The van der Waals surface area contributed by atoms with Crippen molar-refractivity contribution < 1.29 is 4.79 Å². The molecule has 1 aliphatic heterocycles. The highest BCUT2D eigenvalue weighted by atomic mass is 32.1. The van der Waals surface area contributed by atoms with Crippen molar-refractivity contribution in [1.29, 1.82) is 0 Å². The minimum absolute atomic E-state index is 0.0914. The molecular formula is C9H16N2OS. The van der Waals surface area contributed by atoms with Crippen LogP contribution in [0.1, 0.15) is 27.2 Å². The van der Waals surface area contributed by atoms with E-state index in [0.29, 0.717) is 11.0 Å². The van der Waals surface area contributed by atoms with Gasteiger partial charge in [-0.25, -0.2) is 0 Å². The lowest BCUT2D eigenvalue weighted by Gasteiger charge is -2.16. The van der Waals surface area contributed by atoms with Gasteiger partial charge < -0.3 is 5.32 Å². The molecule has 13 heavy (non-hydrogen) atoms. The van der Waals surface area contributed by atoms with Crippen LogP contribution in [0.3, 0.4) is 0 Å². The van der Waals surface area contributed by atoms with E-state index in [4.69, 9.17) is 12.2 Å². The van der Waals surface area contributed by atoms with E-state index in [2.05, 4.69) is 19.2 Å². The maximum absolute atomic E-state index is 11.7. The molecule has 1 unspecified atom stereocenters. The van der Waals surface area contributed by atoms with Crippen LogP contribution >= 0.6 is 12.2 Å². The normalized spacial score (nSPS) is 22.8. The predicted octanol–water partition coefficient (Wildman–Crippen LogP) is 1.14. The van der Waals surface area contributed by atoms with E-state index in [1.54, 1.807) is 4.90 Å². The highest BCUT2D eigenvalue weighted by Crippen LogP contribution is 2.11. The van der Waals surface area contributed by atoms with Gasteiger partial charge in [0.1, 0.15) is 6.04 Å². The van der Waals surface area contributed by atoms with Crippen LogP contribution in [0, 0.1) is 5.92 Å². The standard InChI is InChI=1S/C9H16N2OS/c1-4-7-8(12)11(5-6(2)3)9(13)10-7/h6-7H,4-5H2,1-3H3,(H,10,13). The van der Waals surface area contributed by atoms with Crippen LogP contribution < -0.4 is 5.32 Å². The number of carbonyl (C=O) groups excluding carboxylic acids is 1. The highest BCUT2D eigenvalue weighted by molar-refractivity contribution is 7.80. The van der Waals surface area contributed by atoms with Crippen LogP contribution in [-0.2, 0) is 4.79 Å². The van der Waals surface area contributed by atoms with Gasteiger partial charge in [0.2, 0.25) is 0 Å². The third-order valence-corrected chi connectivity index (χ3v) is 2.40. The van der Waals surface area contributed by atoms with E-state index in [1.807, 2.05) is 6.92 Å². The molecule has 1 amide bonds. The Bertz CT molecular complexity index is 228. The maximum atomic E-state index is 11.7. The Balaban J connectivity index is 2.65. The Morgan fingerprint density at radius 2 is 2.23 bits per heavy atom. The SMILES string of the molecule is CCC1NC(=S)N(CC(C)C)C1=O. The molecule has 1 atom stereocenters. The monoisotopic (exact) mass is 200 g/mol. The predicted molar refractivity (Wildman–Crippen MR) is 56.4 cm³/mol. The second kappa shape index (κ2) is 4.05. The minimum Gasteiger partial charge on any atom is -0.350 e. The van der Waals surface area contributed by atoms with Crippen LogP contribution in [0.4, 0.5) is 0 Å². The molecule has 1 rings (SSSR count). The van der Waals surface area contributed by atoms with Gasteiger partial charge in [0.25, 0.3) is 5.91 Å². The zero-order valence-corrected chi connectivity index (χ0v) is 9.15. The second-order valence-electron chi connectivity index (χ2n) is 3.75. The molecular weight excluding hydrogens is 184 g/mol. The van der Waals surface area contributed by atoms with E-state index in [0.717, 1.165) is 13.0 Å². The van der Waals surface area contributed by atoms with E-state index in [-0.39, 0.29) is 11.9 Å². The molecule has 1 N–H and O–H groups in total. The molecule has 0 radical (unpaired) electrons. The van der Waals surface area contributed by atoms with Gasteiger partial charge in [-0.2, -0.15) is 0 Å². The van der Waals surface area contributed by atoms with Gasteiger partial charge in [-0.1, -0.05) is 20.8 Å². The molecule has 1 saturated heterocycles. The van der Waals surface area contributed by atoms with Crippen molar-refractivity contribution in [1.82, 2.24) is 10.2 Å². The summed E-state index contributed by atoms with van der Waals surface area (Å²) in [5, 5.41) is 3.61. The maximum Gasteiger partial charge on any atom is 0.251 e. The van der Waals surface area contributed by atoms with Gasteiger partial charge in [-0.3, -0.25) is 9.69 Å². The Hall–Kier alpha value is -0.640. The van der Waals surface area contributed by atoms with E-state index in [9.17, 15) is 4.79 Å². The Morgan fingerprint density at radius 3 is 2.62 bits per heavy atom. The molecule has 1 heterocycles. The average molecular weight is 200 g/mol. The van der Waals surface area contributed by atoms with Crippen molar-refractivity contribution >= 4 is 23.2 Å². The van der Waals surface area contributed by atoms with Gasteiger partial charge in [0.05, 0.1) is 0 Å². The fraction of sp³-hybridized carbons (Fsp3) is 0.778. The first-order valence-corrected chi connectivity index (χ1v) is 5.09. The van der Waals surface area contributed by atoms with Crippen LogP contribution in [0.25, 0.3) is 0 Å². The number of nitrogens with one attached hydrogen (secondary N) is 1. The topological polar surface area (TPSA) is 32.3 Å². The van der Waals surface area contributed by atoms with Gasteiger partial charge in [-0.05, 0) is 24.6 Å². The molecule has 0 aliphatic carbocycles. The van der Waals surface area contributed by atoms with Gasteiger partial charge in [0, 0.05) is 6.54 Å². The molecule has 0 saturated carbocycles. The molecule has 1 aliphatic rings. The Kier molecular flexibility index (Phi) is 3.25. The molecule has 74 valence electrons. The number of nitrogens with zero attached hydrogens (tertiary/aromatic N) is 1. The third kappa shape index (κ3) is 2.18. The number of amides is 1. The van der Waals surface area contributed by atoms with Crippen molar-refractivity contribution in [3.05, 3.63) is 0 Å². The molecule has 0 aromatic heterocycles. The Labute approximate surface area is 84.5 Å². The van der Waals surface area contributed by atoms with Crippen molar-refractivity contribution in [2.45, 2.75) is 33.2 Å².